The maximum atomic E-state index is 5.64. The second-order valence-corrected chi connectivity index (χ2v) is 6.44. The standard InChI is InChI=1S/C17H28N2OS/c1-6-20-16-10-8-7-9-15(16)18-17(21)19(11-13(2)3)12-14(4)5/h7-10,13-14H,6,11-12H2,1-5H3,(H,18,21). The van der Waals surface area contributed by atoms with Crippen molar-refractivity contribution in [2.24, 2.45) is 11.8 Å². The third-order valence-electron chi connectivity index (χ3n) is 2.89. The number of nitrogens with one attached hydrogen (secondary N) is 1. The second kappa shape index (κ2) is 8.88. The minimum absolute atomic E-state index is 0.575. The highest BCUT2D eigenvalue weighted by Gasteiger charge is 2.14. The molecule has 0 heterocycles. The largest absolute Gasteiger partial charge is 0.492 e. The second-order valence-electron chi connectivity index (χ2n) is 6.05. The summed E-state index contributed by atoms with van der Waals surface area (Å²) < 4.78 is 5.64. The van der Waals surface area contributed by atoms with Crippen LogP contribution in [0, 0.1) is 11.8 Å². The van der Waals surface area contributed by atoms with Crippen molar-refractivity contribution < 1.29 is 4.74 Å². The molecule has 0 fully saturated rings. The number of hydrogen-bond donors (Lipinski definition) is 1. The van der Waals surface area contributed by atoms with Crippen molar-refractivity contribution in [1.82, 2.24) is 4.90 Å². The summed E-state index contributed by atoms with van der Waals surface area (Å²) in [7, 11) is 0. The molecule has 118 valence electrons. The SMILES string of the molecule is CCOc1ccccc1NC(=S)N(CC(C)C)CC(C)C. The van der Waals surface area contributed by atoms with Crippen molar-refractivity contribution in [3.63, 3.8) is 0 Å². The zero-order valence-corrected chi connectivity index (χ0v) is 14.7. The van der Waals surface area contributed by atoms with Gasteiger partial charge in [-0.25, -0.2) is 0 Å². The molecule has 0 atom stereocenters. The van der Waals surface area contributed by atoms with E-state index in [4.69, 9.17) is 17.0 Å². The third-order valence-corrected chi connectivity index (χ3v) is 3.25. The Morgan fingerprint density at radius 2 is 1.71 bits per heavy atom. The van der Waals surface area contributed by atoms with E-state index in [1.165, 1.54) is 0 Å². The molecule has 21 heavy (non-hydrogen) atoms. The van der Waals surface area contributed by atoms with E-state index in [1.54, 1.807) is 0 Å². The molecule has 0 saturated carbocycles. The molecule has 0 amide bonds. The van der Waals surface area contributed by atoms with E-state index in [2.05, 4.69) is 37.9 Å². The van der Waals surface area contributed by atoms with Gasteiger partial charge in [0.25, 0.3) is 0 Å². The van der Waals surface area contributed by atoms with Crippen molar-refractivity contribution in [2.45, 2.75) is 34.6 Å². The number of anilines is 1. The van der Waals surface area contributed by atoms with Gasteiger partial charge in [0.2, 0.25) is 0 Å². The summed E-state index contributed by atoms with van der Waals surface area (Å²) in [5.41, 5.74) is 0.932. The van der Waals surface area contributed by atoms with Crippen molar-refractivity contribution >= 4 is 23.0 Å². The molecule has 1 N–H and O–H groups in total. The molecule has 0 radical (unpaired) electrons. The number of nitrogens with zero attached hydrogens (tertiary/aromatic N) is 1. The molecule has 1 rings (SSSR count). The van der Waals surface area contributed by atoms with Crippen LogP contribution < -0.4 is 10.1 Å². The van der Waals surface area contributed by atoms with Gasteiger partial charge in [0.1, 0.15) is 5.75 Å². The van der Waals surface area contributed by atoms with Gasteiger partial charge in [-0.05, 0) is 43.1 Å². The fraction of sp³-hybridized carbons (Fsp3) is 0.588. The van der Waals surface area contributed by atoms with Crippen LogP contribution >= 0.6 is 12.2 Å². The lowest BCUT2D eigenvalue weighted by Crippen LogP contribution is -2.39. The highest BCUT2D eigenvalue weighted by molar-refractivity contribution is 7.80. The van der Waals surface area contributed by atoms with Gasteiger partial charge in [0.05, 0.1) is 12.3 Å². The lowest BCUT2D eigenvalue weighted by molar-refractivity contribution is 0.331. The van der Waals surface area contributed by atoms with Crippen LogP contribution in [0.25, 0.3) is 0 Å². The molecule has 1 aromatic carbocycles. The monoisotopic (exact) mass is 308 g/mol. The molecule has 0 aliphatic rings. The minimum atomic E-state index is 0.575. The molecule has 0 bridgehead atoms. The maximum Gasteiger partial charge on any atom is 0.173 e. The molecule has 4 heteroatoms. The van der Waals surface area contributed by atoms with Gasteiger partial charge in [-0.3, -0.25) is 0 Å². The lowest BCUT2D eigenvalue weighted by atomic mass is 10.1. The van der Waals surface area contributed by atoms with Crippen LogP contribution in [0.1, 0.15) is 34.6 Å². The topological polar surface area (TPSA) is 24.5 Å². The number of para-hydroxylation sites is 2. The van der Waals surface area contributed by atoms with Gasteiger partial charge in [0.15, 0.2) is 5.11 Å². The number of rotatable bonds is 7. The van der Waals surface area contributed by atoms with Crippen LogP contribution in [0.4, 0.5) is 5.69 Å². The first-order chi connectivity index (χ1) is 9.93. The zero-order valence-electron chi connectivity index (χ0n) is 13.8. The van der Waals surface area contributed by atoms with Gasteiger partial charge in [-0.1, -0.05) is 39.8 Å². The number of thiocarbonyl (C=S) groups is 1. The Morgan fingerprint density at radius 1 is 1.14 bits per heavy atom. The van der Waals surface area contributed by atoms with Crippen molar-refractivity contribution in [1.29, 1.82) is 0 Å². The summed E-state index contributed by atoms with van der Waals surface area (Å²) in [6.07, 6.45) is 0. The summed E-state index contributed by atoms with van der Waals surface area (Å²) in [5.74, 6) is 1.99. The van der Waals surface area contributed by atoms with Crippen LogP contribution in [0.2, 0.25) is 0 Å². The van der Waals surface area contributed by atoms with Crippen molar-refractivity contribution in [3.8, 4) is 5.75 Å². The Kier molecular flexibility index (Phi) is 7.51. The van der Waals surface area contributed by atoms with E-state index in [-0.39, 0.29) is 0 Å². The summed E-state index contributed by atoms with van der Waals surface area (Å²) in [4.78, 5) is 2.24. The highest BCUT2D eigenvalue weighted by Crippen LogP contribution is 2.24. The number of ether oxygens (including phenoxy) is 1. The van der Waals surface area contributed by atoms with Crippen LogP contribution in [0.3, 0.4) is 0 Å². The van der Waals surface area contributed by atoms with E-state index >= 15 is 0 Å². The van der Waals surface area contributed by atoms with Gasteiger partial charge >= 0.3 is 0 Å². The lowest BCUT2D eigenvalue weighted by Gasteiger charge is -2.29. The fourth-order valence-electron chi connectivity index (χ4n) is 2.17. The van der Waals surface area contributed by atoms with E-state index in [0.717, 1.165) is 29.6 Å². The summed E-state index contributed by atoms with van der Waals surface area (Å²) >= 11 is 5.60. The van der Waals surface area contributed by atoms with Gasteiger partial charge in [-0.2, -0.15) is 0 Å². The molecule has 0 saturated heterocycles. The van der Waals surface area contributed by atoms with Crippen LogP contribution in [-0.2, 0) is 0 Å². The first-order valence-corrected chi connectivity index (χ1v) is 8.12. The normalized spacial score (nSPS) is 10.8. The Hall–Kier alpha value is -1.29. The predicted molar refractivity (Wildman–Crippen MR) is 95.1 cm³/mol. The smallest absolute Gasteiger partial charge is 0.173 e. The Morgan fingerprint density at radius 3 is 2.24 bits per heavy atom. The Bertz CT molecular complexity index is 436. The van der Waals surface area contributed by atoms with Crippen molar-refractivity contribution in [3.05, 3.63) is 24.3 Å². The van der Waals surface area contributed by atoms with E-state index in [0.29, 0.717) is 18.4 Å². The van der Waals surface area contributed by atoms with E-state index in [1.807, 2.05) is 31.2 Å². The summed E-state index contributed by atoms with van der Waals surface area (Å²) in [6, 6.07) is 7.92. The van der Waals surface area contributed by atoms with Crippen LogP contribution in [0.15, 0.2) is 24.3 Å². The fourth-order valence-corrected chi connectivity index (χ4v) is 2.43. The van der Waals surface area contributed by atoms with E-state index in [9.17, 15) is 0 Å². The average molecular weight is 308 g/mol. The summed E-state index contributed by atoms with van der Waals surface area (Å²) in [6.45, 7) is 13.4. The Balaban J connectivity index is 2.80. The van der Waals surface area contributed by atoms with Gasteiger partial charge < -0.3 is 15.0 Å². The molecular formula is C17H28N2OS. The molecule has 0 spiro atoms. The van der Waals surface area contributed by atoms with Crippen molar-refractivity contribution in [2.75, 3.05) is 25.0 Å². The predicted octanol–water partition coefficient (Wildman–Crippen LogP) is 4.40. The Labute approximate surface area is 134 Å². The van der Waals surface area contributed by atoms with E-state index < -0.39 is 0 Å². The first-order valence-electron chi connectivity index (χ1n) is 7.71. The maximum absolute atomic E-state index is 5.64. The molecule has 0 unspecified atom stereocenters. The molecular weight excluding hydrogens is 280 g/mol. The zero-order chi connectivity index (χ0) is 15.8. The van der Waals surface area contributed by atoms with Gasteiger partial charge in [0, 0.05) is 13.1 Å². The summed E-state index contributed by atoms with van der Waals surface area (Å²) in [5, 5.41) is 4.11. The highest BCUT2D eigenvalue weighted by atomic mass is 32.1. The number of hydrogen-bond acceptors (Lipinski definition) is 2. The molecule has 0 aliphatic carbocycles. The first kappa shape index (κ1) is 17.8. The third kappa shape index (κ3) is 6.34. The van der Waals surface area contributed by atoms with Crippen LogP contribution in [-0.4, -0.2) is 29.7 Å². The van der Waals surface area contributed by atoms with Crippen LogP contribution in [0.5, 0.6) is 5.75 Å². The minimum Gasteiger partial charge on any atom is -0.492 e. The average Bonchev–Trinajstić information content (AvgIpc) is 2.39. The molecule has 3 nitrogen and oxygen atoms in total. The quantitative estimate of drug-likeness (QED) is 0.755. The molecule has 0 aliphatic heterocycles. The number of benzene rings is 1. The molecule has 1 aromatic rings. The van der Waals surface area contributed by atoms with Gasteiger partial charge in [-0.15, -0.1) is 0 Å². The molecule has 0 aromatic heterocycles.